The number of aryl methyl sites for hydroxylation is 2. The van der Waals surface area contributed by atoms with E-state index in [2.05, 4.69) is 105 Å². The van der Waals surface area contributed by atoms with Crippen molar-refractivity contribution in [3.63, 3.8) is 0 Å². The Bertz CT molecular complexity index is 1690. The third kappa shape index (κ3) is 46.0. The summed E-state index contributed by atoms with van der Waals surface area (Å²) < 4.78 is 0. The van der Waals surface area contributed by atoms with Crippen LogP contribution in [-0.2, 0) is 29.3 Å². The van der Waals surface area contributed by atoms with Gasteiger partial charge in [0.05, 0.1) is 17.6 Å². The monoisotopic (exact) mass is 1070 g/mol. The Morgan fingerprint density at radius 2 is 0.627 bits per heavy atom. The van der Waals surface area contributed by atoms with E-state index in [0.29, 0.717) is 0 Å². The number of rotatable bonds is 53. The Morgan fingerprint density at radius 3 is 0.960 bits per heavy atom. The van der Waals surface area contributed by atoms with Crippen LogP contribution in [0.5, 0.6) is 0 Å². The molecule has 0 saturated heterocycles. The molecular weight excluding hydrogens is 951 g/mol. The average Bonchev–Trinajstić information content (AvgIpc) is 3.42. The maximum absolute atomic E-state index is 5.08. The minimum Gasteiger partial charge on any atom is -0.254 e. The predicted molar refractivity (Wildman–Crippen MR) is 336 cm³/mol. The van der Waals surface area contributed by atoms with E-state index < -0.39 is 0 Å². The zero-order valence-electron chi connectivity index (χ0n) is 49.9. The summed E-state index contributed by atoms with van der Waals surface area (Å²) in [5.41, 5.74) is 5.30. The van der Waals surface area contributed by atoms with Crippen molar-refractivity contribution in [2.24, 2.45) is 9.98 Å². The van der Waals surface area contributed by atoms with Crippen LogP contribution in [0.2, 0.25) is 0 Å². The van der Waals surface area contributed by atoms with Gasteiger partial charge >= 0.3 is 0 Å². The Morgan fingerprint density at radius 1 is 0.347 bits per heavy atom. The predicted octanol–water partition coefficient (Wildman–Crippen LogP) is 24.8. The molecule has 0 atom stereocenters. The van der Waals surface area contributed by atoms with Crippen molar-refractivity contribution in [2.45, 2.75) is 335 Å². The Kier molecular flexibility index (Phi) is 53.9. The van der Waals surface area contributed by atoms with Crippen molar-refractivity contribution in [1.29, 1.82) is 0 Å². The third-order valence-corrected chi connectivity index (χ3v) is 15.4. The van der Waals surface area contributed by atoms with Gasteiger partial charge in [-0.05, 0) is 80.5 Å². The van der Waals surface area contributed by atoms with E-state index in [-0.39, 0.29) is 16.5 Å². The number of nitrogens with zero attached hydrogens (tertiary/aromatic N) is 2. The molecule has 0 aliphatic heterocycles. The average molecular weight is 1070 g/mol. The van der Waals surface area contributed by atoms with Crippen LogP contribution in [0.3, 0.4) is 0 Å². The van der Waals surface area contributed by atoms with E-state index in [9.17, 15) is 0 Å². The number of hydrogen-bond acceptors (Lipinski definition) is 2. The van der Waals surface area contributed by atoms with Gasteiger partial charge in [-0.25, -0.2) is 4.99 Å². The number of benzene rings is 2. The molecule has 0 radical (unpaired) electrons. The molecule has 75 heavy (non-hydrogen) atoms. The first kappa shape index (κ1) is 70.3. The first-order valence-corrected chi connectivity index (χ1v) is 32.9. The minimum absolute atomic E-state index is 0. The molecule has 0 saturated carbocycles. The Hall–Kier alpha value is -2.69. The fourth-order valence-corrected chi connectivity index (χ4v) is 10.5. The van der Waals surface area contributed by atoms with E-state index in [1.807, 2.05) is 6.21 Å². The summed E-state index contributed by atoms with van der Waals surface area (Å²) >= 11 is 0. The summed E-state index contributed by atoms with van der Waals surface area (Å²) in [6.45, 7) is 6.71. The van der Waals surface area contributed by atoms with E-state index >= 15 is 0 Å². The minimum atomic E-state index is 0. The molecule has 0 fully saturated rings. The molecule has 0 spiro atoms. The van der Waals surface area contributed by atoms with E-state index in [1.165, 1.54) is 294 Å². The molecule has 2 aromatic carbocycles. The van der Waals surface area contributed by atoms with Crippen molar-refractivity contribution in [2.75, 3.05) is 0 Å². The van der Waals surface area contributed by atoms with Gasteiger partial charge in [-0.1, -0.05) is 344 Å². The first-order chi connectivity index (χ1) is 36.8. The zero-order valence-corrected chi connectivity index (χ0v) is 50.9. The van der Waals surface area contributed by atoms with Gasteiger partial charge < -0.3 is 0 Å². The largest absolute Gasteiger partial charge is 0.254 e. The topological polar surface area (TPSA) is 24.7 Å². The van der Waals surface area contributed by atoms with Crippen molar-refractivity contribution in [3.05, 3.63) is 84.0 Å². The van der Waals surface area contributed by atoms with Gasteiger partial charge in [-0.3, -0.25) is 4.99 Å². The van der Waals surface area contributed by atoms with Crippen LogP contribution in [0.1, 0.15) is 334 Å². The SMILES string of the molecule is CCC#CC(C=Nc1ccccc1CCC=CCCCCCCCCCCCCCCCCCCCCCCC)=Nc1ccccc1CCC=CCCCCCCCCCCCCCCCCCCCCCCC.[Ni]. The molecule has 2 aromatic rings. The summed E-state index contributed by atoms with van der Waals surface area (Å²) in [7, 11) is 0. The second kappa shape index (κ2) is 57.5. The maximum atomic E-state index is 5.08. The summed E-state index contributed by atoms with van der Waals surface area (Å²) in [4.78, 5) is 10.0. The van der Waals surface area contributed by atoms with Crippen LogP contribution >= 0.6 is 0 Å². The number of aliphatic imine (C=N–C) groups is 2. The van der Waals surface area contributed by atoms with Gasteiger partial charge in [-0.2, -0.15) is 0 Å². The summed E-state index contributed by atoms with van der Waals surface area (Å²) in [6, 6.07) is 17.2. The van der Waals surface area contributed by atoms with Crippen LogP contribution in [-0.4, -0.2) is 11.9 Å². The van der Waals surface area contributed by atoms with Gasteiger partial charge in [-0.15, -0.1) is 0 Å². The molecule has 0 unspecified atom stereocenters. The molecule has 0 aliphatic carbocycles. The smallest absolute Gasteiger partial charge is 0.132 e. The fourth-order valence-electron chi connectivity index (χ4n) is 10.5. The number of unbranched alkanes of at least 4 members (excludes halogenated alkanes) is 42. The van der Waals surface area contributed by atoms with Crippen LogP contribution in [0.4, 0.5) is 11.4 Å². The van der Waals surface area contributed by atoms with Crippen LogP contribution in [0.25, 0.3) is 0 Å². The van der Waals surface area contributed by atoms with Crippen molar-refractivity contribution in [1.82, 2.24) is 0 Å². The van der Waals surface area contributed by atoms with E-state index in [0.717, 1.165) is 49.2 Å². The maximum Gasteiger partial charge on any atom is 0.132 e. The van der Waals surface area contributed by atoms with Crippen molar-refractivity contribution < 1.29 is 16.5 Å². The molecule has 0 N–H and O–H groups in total. The summed E-state index contributed by atoms with van der Waals surface area (Å²) in [5, 5.41) is 0. The number of hydrogen-bond donors (Lipinski definition) is 0. The van der Waals surface area contributed by atoms with Gasteiger partial charge in [0.25, 0.3) is 0 Å². The molecule has 0 bridgehead atoms. The number of para-hydroxylation sites is 2. The van der Waals surface area contributed by atoms with E-state index in [1.54, 1.807) is 0 Å². The molecule has 2 rings (SSSR count). The zero-order chi connectivity index (χ0) is 52.6. The molecule has 0 aromatic heterocycles. The number of allylic oxidation sites excluding steroid dienone is 4. The van der Waals surface area contributed by atoms with Gasteiger partial charge in [0.1, 0.15) is 5.71 Å². The molecular formula is C72H120N2Ni. The second-order valence-corrected chi connectivity index (χ2v) is 22.4. The second-order valence-electron chi connectivity index (χ2n) is 22.4. The van der Waals surface area contributed by atoms with Crippen LogP contribution in [0.15, 0.2) is 82.8 Å². The molecule has 428 valence electrons. The normalized spacial score (nSPS) is 11.9. The van der Waals surface area contributed by atoms with Crippen LogP contribution < -0.4 is 0 Å². The van der Waals surface area contributed by atoms with Crippen molar-refractivity contribution in [3.8, 4) is 11.8 Å². The molecule has 0 amide bonds. The van der Waals surface area contributed by atoms with Gasteiger partial charge in [0, 0.05) is 22.9 Å². The summed E-state index contributed by atoms with van der Waals surface area (Å²) in [5.74, 6) is 6.57. The van der Waals surface area contributed by atoms with Gasteiger partial charge in [0.15, 0.2) is 0 Å². The third-order valence-electron chi connectivity index (χ3n) is 15.4. The molecule has 0 heterocycles. The summed E-state index contributed by atoms with van der Waals surface area (Å²) in [6.07, 6.45) is 79.1. The van der Waals surface area contributed by atoms with Crippen molar-refractivity contribution >= 4 is 23.3 Å². The fraction of sp³-hybridized carbons (Fsp3) is 0.722. The quantitative estimate of drug-likeness (QED) is 0.0207. The standard InChI is InChI=1S/C72H120N2.Ni/c1-4-7-10-12-14-16-18-20-22-24-26-28-30-32-34-36-38-40-42-44-46-48-50-52-54-60-68-62-56-58-65-71(68)73-67-70(64-9-6-3)74-72-66-59-57-63-69(72)61-55-53-51-49-47-45-43-41-39-37-35-33-31-29-27-25-23-21-19-17-15-13-11-8-5-2;/h50-53,56-59,62-63,65-67H,4-8,10-49,54-55,60-61H2,1-3H3;. The Balaban J connectivity index is 0.0000281. The van der Waals surface area contributed by atoms with Gasteiger partial charge in [0.2, 0.25) is 0 Å². The molecule has 0 aliphatic rings. The molecule has 2 nitrogen and oxygen atoms in total. The first-order valence-electron chi connectivity index (χ1n) is 32.9. The molecule has 3 heteroatoms. The Labute approximate surface area is 478 Å². The van der Waals surface area contributed by atoms with E-state index in [4.69, 9.17) is 9.98 Å². The van der Waals surface area contributed by atoms with Crippen LogP contribution in [0, 0.1) is 11.8 Å².